The lowest BCUT2D eigenvalue weighted by Crippen LogP contribution is -2.53. The van der Waals surface area contributed by atoms with E-state index in [2.05, 4.69) is 5.32 Å². The molecular weight excluding hydrogens is 328 g/mol. The third kappa shape index (κ3) is 4.61. The van der Waals surface area contributed by atoms with Gasteiger partial charge in [0, 0.05) is 26.2 Å². The zero-order chi connectivity index (χ0) is 17.0. The summed E-state index contributed by atoms with van der Waals surface area (Å²) in [6, 6.07) is 6.00. The van der Waals surface area contributed by atoms with Gasteiger partial charge < -0.3 is 10.2 Å². The van der Waals surface area contributed by atoms with Gasteiger partial charge in [-0.25, -0.2) is 22.0 Å². The summed E-state index contributed by atoms with van der Waals surface area (Å²) in [5.41, 5.74) is 0.325. The van der Waals surface area contributed by atoms with Gasteiger partial charge in [0.2, 0.25) is 10.0 Å². The molecule has 2 rings (SSSR count). The minimum Gasteiger partial charge on any atom is -0.325 e. The Labute approximate surface area is 134 Å². The van der Waals surface area contributed by atoms with Gasteiger partial charge in [-0.15, -0.1) is 0 Å². The predicted octanol–water partition coefficient (Wildman–Crippen LogP) is 1.28. The molecule has 128 valence electrons. The standard InChI is InChI=1S/C14H19F2N3O3S/c1-23(21,22)19-9-7-18(8-10-19)14(20)17-12(13(15)16)11-5-3-2-4-6-11/h2-6,12-13H,7-10H2,1H3,(H,17,20). The molecule has 0 saturated carbocycles. The largest absolute Gasteiger partial charge is 0.325 e. The van der Waals surface area contributed by atoms with Gasteiger partial charge in [-0.05, 0) is 5.56 Å². The molecule has 1 saturated heterocycles. The van der Waals surface area contributed by atoms with Gasteiger partial charge in [0.05, 0.1) is 6.26 Å². The number of rotatable bonds is 4. The summed E-state index contributed by atoms with van der Waals surface area (Å²) in [6.45, 7) is 0.668. The molecule has 0 aromatic heterocycles. The molecule has 0 radical (unpaired) electrons. The number of hydrogen-bond donors (Lipinski definition) is 1. The number of carbonyl (C=O) groups is 1. The number of nitrogens with zero attached hydrogens (tertiary/aromatic N) is 2. The summed E-state index contributed by atoms with van der Waals surface area (Å²) in [7, 11) is -3.30. The summed E-state index contributed by atoms with van der Waals surface area (Å²) in [5.74, 6) is 0. The monoisotopic (exact) mass is 347 g/mol. The summed E-state index contributed by atoms with van der Waals surface area (Å²) >= 11 is 0. The van der Waals surface area contributed by atoms with Crippen LogP contribution in [0, 0.1) is 0 Å². The SMILES string of the molecule is CS(=O)(=O)N1CCN(C(=O)NC(c2ccccc2)C(F)F)CC1. The number of urea groups is 1. The van der Waals surface area contributed by atoms with E-state index in [0.29, 0.717) is 5.56 Å². The molecule has 23 heavy (non-hydrogen) atoms. The van der Waals surface area contributed by atoms with Gasteiger partial charge in [0.1, 0.15) is 6.04 Å². The molecule has 1 aromatic rings. The van der Waals surface area contributed by atoms with Crippen LogP contribution < -0.4 is 5.32 Å². The number of carbonyl (C=O) groups excluding carboxylic acids is 1. The molecule has 1 heterocycles. The maximum absolute atomic E-state index is 13.2. The Kier molecular flexibility index (Phi) is 5.53. The van der Waals surface area contributed by atoms with Crippen molar-refractivity contribution in [3.05, 3.63) is 35.9 Å². The fourth-order valence-electron chi connectivity index (χ4n) is 2.40. The van der Waals surface area contributed by atoms with Crippen LogP contribution >= 0.6 is 0 Å². The van der Waals surface area contributed by atoms with Crippen LogP contribution in [0.1, 0.15) is 11.6 Å². The fourth-order valence-corrected chi connectivity index (χ4v) is 3.23. The Morgan fingerprint density at radius 3 is 2.17 bits per heavy atom. The molecule has 2 amide bonds. The van der Waals surface area contributed by atoms with E-state index in [1.54, 1.807) is 18.2 Å². The molecule has 1 fully saturated rings. The van der Waals surface area contributed by atoms with Crippen LogP contribution in [-0.4, -0.2) is 62.5 Å². The zero-order valence-electron chi connectivity index (χ0n) is 12.7. The number of hydrogen-bond acceptors (Lipinski definition) is 3. The molecule has 1 unspecified atom stereocenters. The van der Waals surface area contributed by atoms with Gasteiger partial charge in [-0.3, -0.25) is 0 Å². The van der Waals surface area contributed by atoms with E-state index in [-0.39, 0.29) is 26.2 Å². The number of sulfonamides is 1. The molecule has 1 N–H and O–H groups in total. The second kappa shape index (κ2) is 7.22. The lowest BCUT2D eigenvalue weighted by molar-refractivity contribution is 0.0940. The lowest BCUT2D eigenvalue weighted by atomic mass is 10.1. The van der Waals surface area contributed by atoms with Crippen molar-refractivity contribution in [2.75, 3.05) is 32.4 Å². The Balaban J connectivity index is 1.98. The molecule has 1 aliphatic rings. The van der Waals surface area contributed by atoms with Crippen LogP contribution in [0.3, 0.4) is 0 Å². The van der Waals surface area contributed by atoms with Crippen LogP contribution in [0.15, 0.2) is 30.3 Å². The first-order chi connectivity index (χ1) is 10.8. The molecular formula is C14H19F2N3O3S. The normalized spacial score (nSPS) is 18.0. The van der Waals surface area contributed by atoms with Crippen molar-refractivity contribution in [1.82, 2.24) is 14.5 Å². The third-order valence-corrected chi connectivity index (χ3v) is 4.99. The predicted molar refractivity (Wildman–Crippen MR) is 81.7 cm³/mol. The number of amides is 2. The van der Waals surface area contributed by atoms with Gasteiger partial charge in [-0.1, -0.05) is 30.3 Å². The average Bonchev–Trinajstić information content (AvgIpc) is 2.52. The molecule has 0 bridgehead atoms. The van der Waals surface area contributed by atoms with Gasteiger partial charge in [-0.2, -0.15) is 4.31 Å². The Morgan fingerprint density at radius 2 is 1.70 bits per heavy atom. The van der Waals surface area contributed by atoms with Crippen molar-refractivity contribution in [1.29, 1.82) is 0 Å². The molecule has 0 spiro atoms. The third-order valence-electron chi connectivity index (χ3n) is 3.68. The fraction of sp³-hybridized carbons (Fsp3) is 0.500. The van der Waals surface area contributed by atoms with Crippen molar-refractivity contribution in [3.8, 4) is 0 Å². The van der Waals surface area contributed by atoms with E-state index in [0.717, 1.165) is 6.26 Å². The number of piperazine rings is 1. The Morgan fingerprint density at radius 1 is 1.13 bits per heavy atom. The number of nitrogens with one attached hydrogen (secondary N) is 1. The van der Waals surface area contributed by atoms with Crippen molar-refractivity contribution in [3.63, 3.8) is 0 Å². The minimum atomic E-state index is -3.30. The van der Waals surface area contributed by atoms with E-state index < -0.39 is 28.5 Å². The molecule has 1 aromatic carbocycles. The molecule has 9 heteroatoms. The maximum atomic E-state index is 13.2. The molecule has 1 atom stereocenters. The van der Waals surface area contributed by atoms with E-state index in [4.69, 9.17) is 0 Å². The number of benzene rings is 1. The molecule has 0 aliphatic carbocycles. The van der Waals surface area contributed by atoms with Gasteiger partial charge in [0.15, 0.2) is 0 Å². The first-order valence-electron chi connectivity index (χ1n) is 7.12. The average molecular weight is 347 g/mol. The van der Waals surface area contributed by atoms with Crippen molar-refractivity contribution in [2.24, 2.45) is 0 Å². The molecule has 6 nitrogen and oxygen atoms in total. The number of alkyl halides is 2. The van der Waals surface area contributed by atoms with Crippen LogP contribution in [0.25, 0.3) is 0 Å². The highest BCUT2D eigenvalue weighted by Crippen LogP contribution is 2.21. The van der Waals surface area contributed by atoms with Crippen LogP contribution in [0.4, 0.5) is 13.6 Å². The first-order valence-corrected chi connectivity index (χ1v) is 8.97. The quantitative estimate of drug-likeness (QED) is 0.892. The second-order valence-corrected chi connectivity index (χ2v) is 7.30. The number of halogens is 2. The van der Waals surface area contributed by atoms with E-state index in [1.165, 1.54) is 21.3 Å². The van der Waals surface area contributed by atoms with E-state index >= 15 is 0 Å². The highest BCUT2D eigenvalue weighted by Gasteiger charge is 2.30. The van der Waals surface area contributed by atoms with Gasteiger partial charge in [0.25, 0.3) is 6.43 Å². The van der Waals surface area contributed by atoms with Crippen molar-refractivity contribution >= 4 is 16.1 Å². The summed E-state index contributed by atoms with van der Waals surface area (Å²) < 4.78 is 50.5. The highest BCUT2D eigenvalue weighted by molar-refractivity contribution is 7.88. The van der Waals surface area contributed by atoms with Crippen LogP contribution in [0.5, 0.6) is 0 Å². The van der Waals surface area contributed by atoms with E-state index in [9.17, 15) is 22.0 Å². The smallest absolute Gasteiger partial charge is 0.318 e. The minimum absolute atomic E-state index is 0.164. The topological polar surface area (TPSA) is 69.7 Å². The summed E-state index contributed by atoms with van der Waals surface area (Å²) in [5, 5.41) is 2.33. The van der Waals surface area contributed by atoms with Gasteiger partial charge >= 0.3 is 6.03 Å². The van der Waals surface area contributed by atoms with Crippen LogP contribution in [0.2, 0.25) is 0 Å². The van der Waals surface area contributed by atoms with E-state index in [1.807, 2.05) is 0 Å². The van der Waals surface area contributed by atoms with Crippen LogP contribution in [-0.2, 0) is 10.0 Å². The van der Waals surface area contributed by atoms with Crippen molar-refractivity contribution in [2.45, 2.75) is 12.5 Å². The maximum Gasteiger partial charge on any atom is 0.318 e. The Hall–Kier alpha value is -1.74. The molecule has 1 aliphatic heterocycles. The summed E-state index contributed by atoms with van der Waals surface area (Å²) in [4.78, 5) is 13.5. The van der Waals surface area contributed by atoms with Crippen molar-refractivity contribution < 1.29 is 22.0 Å². The highest BCUT2D eigenvalue weighted by atomic mass is 32.2. The lowest BCUT2D eigenvalue weighted by Gasteiger charge is -2.34. The zero-order valence-corrected chi connectivity index (χ0v) is 13.5. The Bertz CT molecular complexity index is 632. The first kappa shape index (κ1) is 17.6. The second-order valence-electron chi connectivity index (χ2n) is 5.32. The summed E-state index contributed by atoms with van der Waals surface area (Å²) in [6.07, 6.45) is -1.64.